The minimum Gasteiger partial charge on any atom is -0.398 e. The van der Waals surface area contributed by atoms with Crippen molar-refractivity contribution in [2.75, 3.05) is 18.0 Å². The number of carbonyl (C=O) groups excluding carboxylic acids is 2. The molecular weight excluding hydrogens is 242 g/mol. The fraction of sp³-hybridized carbons (Fsp3) is 0.300. The Hall–Kier alpha value is -1.76. The van der Waals surface area contributed by atoms with Gasteiger partial charge in [0.15, 0.2) is 0 Å². The van der Waals surface area contributed by atoms with E-state index in [-0.39, 0.29) is 35.5 Å². The molecule has 0 aromatic carbocycles. The molecule has 1 aromatic rings. The summed E-state index contributed by atoms with van der Waals surface area (Å²) in [5.74, 6) is -0.0260. The lowest BCUT2D eigenvalue weighted by Gasteiger charge is -2.13. The summed E-state index contributed by atoms with van der Waals surface area (Å²) >= 11 is 0.981. The highest BCUT2D eigenvalue weighted by atomic mass is 32.2. The highest BCUT2D eigenvalue weighted by Gasteiger charge is 2.29. The minimum absolute atomic E-state index is 0.185. The van der Waals surface area contributed by atoms with E-state index in [4.69, 9.17) is 5.73 Å². The highest BCUT2D eigenvalue weighted by Crippen LogP contribution is 2.18. The molecule has 6 nitrogen and oxygen atoms in total. The molecule has 0 spiro atoms. The number of thioether (sulfide) groups is 1. The zero-order valence-corrected chi connectivity index (χ0v) is 9.77. The van der Waals surface area contributed by atoms with Crippen LogP contribution in [0.4, 0.5) is 10.5 Å². The van der Waals surface area contributed by atoms with Gasteiger partial charge in [0.1, 0.15) is 0 Å². The topological polar surface area (TPSA) is 85.4 Å². The molecule has 1 aliphatic heterocycles. The molecule has 17 heavy (non-hydrogen) atoms. The lowest BCUT2D eigenvalue weighted by atomic mass is 10.4. The van der Waals surface area contributed by atoms with Crippen LogP contribution in [0.25, 0.3) is 0 Å². The molecule has 1 fully saturated rings. The van der Waals surface area contributed by atoms with Crippen molar-refractivity contribution in [1.82, 2.24) is 9.47 Å². The smallest absolute Gasteiger partial charge is 0.288 e. The van der Waals surface area contributed by atoms with E-state index in [1.54, 1.807) is 0 Å². The summed E-state index contributed by atoms with van der Waals surface area (Å²) in [5.41, 5.74) is 5.82. The second-order valence-corrected chi connectivity index (χ2v) is 4.52. The van der Waals surface area contributed by atoms with Gasteiger partial charge in [0.2, 0.25) is 5.91 Å². The SMILES string of the molecule is Nc1ccc(=O)n(CCN2C(=O)CSC2=O)c1. The van der Waals surface area contributed by atoms with Crippen LogP contribution in [-0.2, 0) is 11.3 Å². The molecule has 0 aliphatic carbocycles. The van der Waals surface area contributed by atoms with Crippen molar-refractivity contribution in [2.24, 2.45) is 0 Å². The zero-order chi connectivity index (χ0) is 12.4. The highest BCUT2D eigenvalue weighted by molar-refractivity contribution is 8.14. The number of nitrogen functional groups attached to an aromatic ring is 1. The number of anilines is 1. The molecule has 1 aromatic heterocycles. The van der Waals surface area contributed by atoms with Crippen LogP contribution in [0.5, 0.6) is 0 Å². The Kier molecular flexibility index (Phi) is 3.19. The normalized spacial score (nSPS) is 15.6. The first kappa shape index (κ1) is 11.7. The predicted octanol–water partition coefficient (Wildman–Crippen LogP) is 0.126. The van der Waals surface area contributed by atoms with E-state index >= 15 is 0 Å². The van der Waals surface area contributed by atoms with Gasteiger partial charge in [0.25, 0.3) is 10.8 Å². The van der Waals surface area contributed by atoms with E-state index in [9.17, 15) is 14.4 Å². The molecule has 0 atom stereocenters. The van der Waals surface area contributed by atoms with Crippen LogP contribution in [-0.4, -0.2) is 32.9 Å². The first-order valence-electron chi connectivity index (χ1n) is 5.01. The van der Waals surface area contributed by atoms with Crippen molar-refractivity contribution < 1.29 is 9.59 Å². The summed E-state index contributed by atoms with van der Waals surface area (Å²) in [4.78, 5) is 35.2. The summed E-state index contributed by atoms with van der Waals surface area (Å²) in [5, 5.41) is -0.257. The van der Waals surface area contributed by atoms with Gasteiger partial charge in [-0.05, 0) is 6.07 Å². The predicted molar refractivity (Wildman–Crippen MR) is 64.7 cm³/mol. The average molecular weight is 253 g/mol. The molecule has 0 unspecified atom stereocenters. The van der Waals surface area contributed by atoms with Crippen LogP contribution in [0.3, 0.4) is 0 Å². The van der Waals surface area contributed by atoms with Crippen LogP contribution >= 0.6 is 11.8 Å². The van der Waals surface area contributed by atoms with Gasteiger partial charge in [-0.3, -0.25) is 19.3 Å². The van der Waals surface area contributed by atoms with Gasteiger partial charge in [0, 0.05) is 31.0 Å². The number of aromatic nitrogens is 1. The van der Waals surface area contributed by atoms with Crippen molar-refractivity contribution in [3.63, 3.8) is 0 Å². The van der Waals surface area contributed by atoms with Crippen LogP contribution in [0, 0.1) is 0 Å². The largest absolute Gasteiger partial charge is 0.398 e. The second kappa shape index (κ2) is 4.62. The number of pyridine rings is 1. The van der Waals surface area contributed by atoms with Crippen molar-refractivity contribution in [2.45, 2.75) is 6.54 Å². The van der Waals surface area contributed by atoms with Gasteiger partial charge < -0.3 is 10.3 Å². The maximum Gasteiger partial charge on any atom is 0.288 e. The van der Waals surface area contributed by atoms with Crippen LogP contribution in [0.1, 0.15) is 0 Å². The second-order valence-electron chi connectivity index (χ2n) is 3.59. The number of imide groups is 1. The summed E-state index contributed by atoms with van der Waals surface area (Å²) in [6.07, 6.45) is 1.50. The Morgan fingerprint density at radius 3 is 2.65 bits per heavy atom. The molecule has 0 radical (unpaired) electrons. The quantitative estimate of drug-likeness (QED) is 0.827. The number of nitrogens with two attached hydrogens (primary N) is 1. The first-order valence-corrected chi connectivity index (χ1v) is 5.99. The fourth-order valence-corrected chi connectivity index (χ4v) is 2.28. The van der Waals surface area contributed by atoms with Crippen LogP contribution in [0.15, 0.2) is 23.1 Å². The molecule has 0 saturated carbocycles. The molecule has 2 heterocycles. The Balaban J connectivity index is 2.07. The molecule has 1 aliphatic rings. The van der Waals surface area contributed by atoms with Crippen molar-refractivity contribution >= 4 is 28.6 Å². The third kappa shape index (κ3) is 2.50. The minimum atomic E-state index is -0.257. The maximum absolute atomic E-state index is 11.5. The monoisotopic (exact) mass is 253 g/mol. The number of hydrogen-bond acceptors (Lipinski definition) is 5. The van der Waals surface area contributed by atoms with Crippen molar-refractivity contribution in [3.8, 4) is 0 Å². The van der Waals surface area contributed by atoms with Crippen molar-refractivity contribution in [1.29, 1.82) is 0 Å². The summed E-state index contributed by atoms with van der Waals surface area (Å²) in [6.45, 7) is 0.468. The standard InChI is InChI=1S/C10H11N3O3S/c11-7-1-2-8(14)12(5-7)3-4-13-9(15)6-17-10(13)16/h1-2,5H,3-4,6,11H2. The number of nitrogens with zero attached hydrogens (tertiary/aromatic N) is 2. The van der Waals surface area contributed by atoms with Gasteiger partial charge >= 0.3 is 0 Å². The van der Waals surface area contributed by atoms with E-state index in [1.165, 1.54) is 22.9 Å². The third-order valence-corrected chi connectivity index (χ3v) is 3.27. The number of carbonyl (C=O) groups is 2. The van der Waals surface area contributed by atoms with Gasteiger partial charge in [-0.2, -0.15) is 0 Å². The van der Waals surface area contributed by atoms with Gasteiger partial charge in [-0.1, -0.05) is 11.8 Å². The Bertz CT molecular complexity index is 510. The third-order valence-electron chi connectivity index (χ3n) is 2.41. The number of hydrogen-bond donors (Lipinski definition) is 1. The number of rotatable bonds is 3. The Morgan fingerprint density at radius 1 is 1.24 bits per heavy atom. The summed E-state index contributed by atoms with van der Waals surface area (Å²) in [6, 6.07) is 2.87. The van der Waals surface area contributed by atoms with E-state index in [2.05, 4.69) is 0 Å². The Morgan fingerprint density at radius 2 is 2.00 bits per heavy atom. The Labute approximate surface area is 101 Å². The molecule has 0 bridgehead atoms. The zero-order valence-electron chi connectivity index (χ0n) is 8.96. The molecule has 1 saturated heterocycles. The fourth-order valence-electron chi connectivity index (χ4n) is 1.53. The lowest BCUT2D eigenvalue weighted by molar-refractivity contribution is -0.124. The summed E-state index contributed by atoms with van der Waals surface area (Å²) < 4.78 is 1.39. The molecule has 2 rings (SSSR count). The van der Waals surface area contributed by atoms with Crippen LogP contribution in [0.2, 0.25) is 0 Å². The van der Waals surface area contributed by atoms with Gasteiger partial charge in [0.05, 0.1) is 5.75 Å². The van der Waals surface area contributed by atoms with Crippen molar-refractivity contribution in [3.05, 3.63) is 28.7 Å². The van der Waals surface area contributed by atoms with Gasteiger partial charge in [-0.15, -0.1) is 0 Å². The van der Waals surface area contributed by atoms with E-state index in [0.717, 1.165) is 16.7 Å². The van der Waals surface area contributed by atoms with Gasteiger partial charge in [-0.25, -0.2) is 0 Å². The molecule has 7 heteroatoms. The molecular formula is C10H11N3O3S. The van der Waals surface area contributed by atoms with E-state index < -0.39 is 0 Å². The van der Waals surface area contributed by atoms with Crippen LogP contribution < -0.4 is 11.3 Å². The number of amides is 2. The average Bonchev–Trinajstić information content (AvgIpc) is 2.61. The van der Waals surface area contributed by atoms with E-state index in [1.807, 2.05) is 0 Å². The summed E-state index contributed by atoms with van der Waals surface area (Å²) in [7, 11) is 0. The molecule has 2 amide bonds. The maximum atomic E-state index is 11.5. The first-order chi connectivity index (χ1) is 8.08. The molecule has 90 valence electrons. The van der Waals surface area contributed by atoms with E-state index in [0.29, 0.717) is 5.69 Å². The lowest BCUT2D eigenvalue weighted by Crippen LogP contribution is -2.34. The molecule has 2 N–H and O–H groups in total.